The molecule has 0 aromatic heterocycles. The van der Waals surface area contributed by atoms with Crippen LogP contribution in [0.5, 0.6) is 5.75 Å². The molecule has 21 heavy (non-hydrogen) atoms. The molecule has 0 saturated heterocycles. The minimum Gasteiger partial charge on any atom is -0.487 e. The Morgan fingerprint density at radius 3 is 2.43 bits per heavy atom. The predicted molar refractivity (Wildman–Crippen MR) is 79.5 cm³/mol. The van der Waals surface area contributed by atoms with E-state index in [2.05, 4.69) is 5.32 Å². The molecule has 0 heterocycles. The summed E-state index contributed by atoms with van der Waals surface area (Å²) < 4.78 is 32.7. The predicted octanol–water partition coefficient (Wildman–Crippen LogP) is 4.31. The van der Waals surface area contributed by atoms with Crippen molar-refractivity contribution in [3.8, 4) is 5.75 Å². The summed E-state index contributed by atoms with van der Waals surface area (Å²) in [5, 5.41) is 3.58. The molecule has 5 heteroatoms. The van der Waals surface area contributed by atoms with Gasteiger partial charge in [0.25, 0.3) is 0 Å². The normalized spacial score (nSPS) is 10.7. The lowest BCUT2D eigenvalue weighted by Gasteiger charge is -2.14. The third-order valence-electron chi connectivity index (χ3n) is 3.04. The van der Waals surface area contributed by atoms with Crippen LogP contribution in [0.15, 0.2) is 36.4 Å². The van der Waals surface area contributed by atoms with E-state index >= 15 is 0 Å². The molecule has 0 unspecified atom stereocenters. The zero-order valence-corrected chi connectivity index (χ0v) is 12.4. The van der Waals surface area contributed by atoms with Gasteiger partial charge < -0.3 is 10.1 Å². The molecular formula is C16H16ClF2NO. The van der Waals surface area contributed by atoms with E-state index in [4.69, 9.17) is 16.3 Å². The first-order valence-corrected chi connectivity index (χ1v) is 7.05. The summed E-state index contributed by atoms with van der Waals surface area (Å²) >= 11 is 6.11. The first-order chi connectivity index (χ1) is 10.1. The Morgan fingerprint density at radius 1 is 1.10 bits per heavy atom. The highest BCUT2D eigenvalue weighted by molar-refractivity contribution is 6.32. The summed E-state index contributed by atoms with van der Waals surface area (Å²) in [6.07, 6.45) is 0. The van der Waals surface area contributed by atoms with Crippen molar-refractivity contribution in [3.05, 3.63) is 64.2 Å². The van der Waals surface area contributed by atoms with Gasteiger partial charge in [0.2, 0.25) is 0 Å². The summed E-state index contributed by atoms with van der Waals surface area (Å²) in [5.41, 5.74) is 0.743. The van der Waals surface area contributed by atoms with Gasteiger partial charge in [0.1, 0.15) is 24.0 Å². The van der Waals surface area contributed by atoms with Gasteiger partial charge in [-0.2, -0.15) is 0 Å². The molecule has 0 radical (unpaired) electrons. The van der Waals surface area contributed by atoms with Gasteiger partial charge in [-0.3, -0.25) is 0 Å². The van der Waals surface area contributed by atoms with Gasteiger partial charge in [0.15, 0.2) is 0 Å². The lowest BCUT2D eigenvalue weighted by atomic mass is 10.2. The van der Waals surface area contributed by atoms with Crippen molar-refractivity contribution in [1.82, 2.24) is 5.32 Å². The van der Waals surface area contributed by atoms with Gasteiger partial charge in [0, 0.05) is 12.1 Å². The van der Waals surface area contributed by atoms with Crippen LogP contribution in [0.4, 0.5) is 8.78 Å². The summed E-state index contributed by atoms with van der Waals surface area (Å²) in [4.78, 5) is 0. The molecule has 112 valence electrons. The van der Waals surface area contributed by atoms with Gasteiger partial charge in [0.05, 0.1) is 10.6 Å². The first kappa shape index (κ1) is 15.7. The van der Waals surface area contributed by atoms with Crippen molar-refractivity contribution in [2.75, 3.05) is 6.54 Å². The van der Waals surface area contributed by atoms with Crippen molar-refractivity contribution in [3.63, 3.8) is 0 Å². The Kier molecular flexibility index (Phi) is 5.53. The fourth-order valence-corrected chi connectivity index (χ4v) is 2.18. The number of halogens is 3. The Bertz CT molecular complexity index is 599. The lowest BCUT2D eigenvalue weighted by Crippen LogP contribution is -2.13. The van der Waals surface area contributed by atoms with Crippen molar-refractivity contribution in [2.45, 2.75) is 20.1 Å². The molecule has 0 saturated carbocycles. The molecule has 0 aliphatic rings. The Hall–Kier alpha value is -1.65. The van der Waals surface area contributed by atoms with Crippen LogP contribution in [-0.2, 0) is 13.2 Å². The number of rotatable bonds is 6. The quantitative estimate of drug-likeness (QED) is 0.858. The molecule has 2 aromatic rings. The summed E-state index contributed by atoms with van der Waals surface area (Å²) in [6.45, 7) is 3.15. The maximum atomic E-state index is 13.6. The van der Waals surface area contributed by atoms with Gasteiger partial charge in [-0.25, -0.2) is 8.78 Å². The van der Waals surface area contributed by atoms with Crippen molar-refractivity contribution < 1.29 is 13.5 Å². The minimum atomic E-state index is -0.629. The molecule has 2 nitrogen and oxygen atoms in total. The van der Waals surface area contributed by atoms with Crippen LogP contribution in [0.3, 0.4) is 0 Å². The number of nitrogens with one attached hydrogen (secondary N) is 1. The van der Waals surface area contributed by atoms with Crippen molar-refractivity contribution in [2.24, 2.45) is 0 Å². The zero-order chi connectivity index (χ0) is 15.2. The molecular weight excluding hydrogens is 296 g/mol. The van der Waals surface area contributed by atoms with Gasteiger partial charge in [-0.05, 0) is 24.7 Å². The number of benzene rings is 2. The average Bonchev–Trinajstić information content (AvgIpc) is 2.46. The Balaban J connectivity index is 2.19. The third-order valence-corrected chi connectivity index (χ3v) is 3.33. The molecule has 0 amide bonds. The molecule has 0 aliphatic carbocycles. The van der Waals surface area contributed by atoms with E-state index < -0.39 is 11.6 Å². The molecule has 0 bridgehead atoms. The Morgan fingerprint density at radius 2 is 1.76 bits per heavy atom. The highest BCUT2D eigenvalue weighted by atomic mass is 35.5. The maximum absolute atomic E-state index is 13.6. The lowest BCUT2D eigenvalue weighted by molar-refractivity contribution is 0.289. The minimum absolute atomic E-state index is 0.105. The molecule has 0 fully saturated rings. The van der Waals surface area contributed by atoms with E-state index in [0.29, 0.717) is 17.3 Å². The summed E-state index contributed by atoms with van der Waals surface area (Å²) in [6, 6.07) is 9.08. The maximum Gasteiger partial charge on any atom is 0.142 e. The van der Waals surface area contributed by atoms with E-state index in [1.54, 1.807) is 6.07 Å². The molecule has 2 aromatic carbocycles. The number of ether oxygens (including phenoxy) is 1. The van der Waals surface area contributed by atoms with Gasteiger partial charge >= 0.3 is 0 Å². The number of hydrogen-bond acceptors (Lipinski definition) is 2. The molecule has 0 atom stereocenters. The van der Waals surface area contributed by atoms with Crippen molar-refractivity contribution >= 4 is 11.6 Å². The average molecular weight is 312 g/mol. The van der Waals surface area contributed by atoms with Crippen LogP contribution < -0.4 is 10.1 Å². The summed E-state index contributed by atoms with van der Waals surface area (Å²) in [7, 11) is 0. The second kappa shape index (κ2) is 7.38. The third kappa shape index (κ3) is 3.93. The standard InChI is InChI=1S/C16H16ClF2NO/c1-2-20-9-11-5-3-6-13(17)16(11)21-10-12-14(18)7-4-8-15(12)19/h3-8,20H,2,9-10H2,1H3. The fraction of sp³-hybridized carbons (Fsp3) is 0.250. The van der Waals surface area contributed by atoms with Crippen LogP contribution >= 0.6 is 11.6 Å². The fourth-order valence-electron chi connectivity index (χ4n) is 1.93. The molecule has 0 spiro atoms. The monoisotopic (exact) mass is 311 g/mol. The first-order valence-electron chi connectivity index (χ1n) is 6.67. The highest BCUT2D eigenvalue weighted by Gasteiger charge is 2.12. The summed E-state index contributed by atoms with van der Waals surface area (Å²) in [5.74, 6) is -0.812. The van der Waals surface area contributed by atoms with E-state index in [9.17, 15) is 8.78 Å². The SMILES string of the molecule is CCNCc1cccc(Cl)c1OCc1c(F)cccc1F. The molecule has 2 rings (SSSR count). The Labute approximate surface area is 127 Å². The molecule has 0 aliphatic heterocycles. The topological polar surface area (TPSA) is 21.3 Å². The van der Waals surface area contributed by atoms with Crippen LogP contribution in [-0.4, -0.2) is 6.54 Å². The second-order valence-corrected chi connectivity index (χ2v) is 4.90. The van der Waals surface area contributed by atoms with E-state index in [-0.39, 0.29) is 12.2 Å². The van der Waals surface area contributed by atoms with Gasteiger partial charge in [-0.15, -0.1) is 0 Å². The van der Waals surface area contributed by atoms with E-state index in [0.717, 1.165) is 12.1 Å². The second-order valence-electron chi connectivity index (χ2n) is 4.50. The smallest absolute Gasteiger partial charge is 0.142 e. The van der Waals surface area contributed by atoms with E-state index in [1.807, 2.05) is 19.1 Å². The number of hydrogen-bond donors (Lipinski definition) is 1. The highest BCUT2D eigenvalue weighted by Crippen LogP contribution is 2.30. The molecule has 1 N–H and O–H groups in total. The largest absolute Gasteiger partial charge is 0.487 e. The zero-order valence-electron chi connectivity index (χ0n) is 11.6. The van der Waals surface area contributed by atoms with Crippen LogP contribution in [0, 0.1) is 11.6 Å². The van der Waals surface area contributed by atoms with Crippen LogP contribution in [0.2, 0.25) is 5.02 Å². The van der Waals surface area contributed by atoms with Gasteiger partial charge in [-0.1, -0.05) is 36.7 Å². The van der Waals surface area contributed by atoms with Crippen LogP contribution in [0.25, 0.3) is 0 Å². The van der Waals surface area contributed by atoms with E-state index in [1.165, 1.54) is 18.2 Å². The number of para-hydroxylation sites is 1. The van der Waals surface area contributed by atoms with Crippen LogP contribution in [0.1, 0.15) is 18.1 Å². The van der Waals surface area contributed by atoms with Crippen molar-refractivity contribution in [1.29, 1.82) is 0 Å².